The van der Waals surface area contributed by atoms with E-state index >= 15 is 0 Å². The molecular formula is C21H25N3O6S. The molecule has 2 aliphatic rings. The number of ether oxygens (including phenoxy) is 3. The minimum absolute atomic E-state index is 0.00437. The van der Waals surface area contributed by atoms with Crippen LogP contribution in [0.5, 0.6) is 17.2 Å². The summed E-state index contributed by atoms with van der Waals surface area (Å²) in [5, 5.41) is 2.82. The molecule has 1 N–H and O–H groups in total. The number of benzene rings is 2. The van der Waals surface area contributed by atoms with Gasteiger partial charge in [-0.15, -0.1) is 0 Å². The largest absolute Gasteiger partial charge is 0.495 e. The second-order valence-corrected chi connectivity index (χ2v) is 9.35. The van der Waals surface area contributed by atoms with Crippen molar-refractivity contribution in [2.45, 2.75) is 11.4 Å². The summed E-state index contributed by atoms with van der Waals surface area (Å²) >= 11 is 0. The highest BCUT2D eigenvalue weighted by Crippen LogP contribution is 2.32. The van der Waals surface area contributed by atoms with Gasteiger partial charge < -0.3 is 24.4 Å². The van der Waals surface area contributed by atoms with E-state index in [9.17, 15) is 13.2 Å². The summed E-state index contributed by atoms with van der Waals surface area (Å²) in [5.41, 5.74) is 1.09. The number of hydrogen-bond acceptors (Lipinski definition) is 7. The second-order valence-electron chi connectivity index (χ2n) is 7.44. The monoisotopic (exact) mass is 447 g/mol. The first-order valence-electron chi connectivity index (χ1n) is 9.92. The fourth-order valence-corrected chi connectivity index (χ4v) is 5.13. The van der Waals surface area contributed by atoms with Gasteiger partial charge in [0.05, 0.1) is 7.11 Å². The summed E-state index contributed by atoms with van der Waals surface area (Å²) in [6.45, 7) is 2.53. The number of carbonyl (C=O) groups is 1. The summed E-state index contributed by atoms with van der Waals surface area (Å²) in [6.07, 6.45) is 0. The number of carbonyl (C=O) groups excluding carboxylic acids is 1. The molecule has 1 amide bonds. The van der Waals surface area contributed by atoms with Gasteiger partial charge in [0.15, 0.2) is 11.5 Å². The Labute approximate surface area is 181 Å². The Bertz CT molecular complexity index is 1080. The molecule has 0 saturated carbocycles. The van der Waals surface area contributed by atoms with Gasteiger partial charge in [0.25, 0.3) is 5.91 Å². The topological polar surface area (TPSA) is 97.4 Å². The van der Waals surface area contributed by atoms with Gasteiger partial charge in [-0.25, -0.2) is 8.42 Å². The van der Waals surface area contributed by atoms with Crippen LogP contribution in [0.1, 0.15) is 15.9 Å². The van der Waals surface area contributed by atoms with E-state index in [1.807, 2.05) is 13.1 Å². The lowest BCUT2D eigenvalue weighted by molar-refractivity contribution is 0.0950. The molecule has 0 aromatic heterocycles. The minimum atomic E-state index is -3.79. The fraction of sp³-hybridized carbons (Fsp3) is 0.381. The molecule has 2 aromatic rings. The molecule has 1 saturated heterocycles. The maximum Gasteiger partial charge on any atom is 0.251 e. The number of amides is 1. The van der Waals surface area contributed by atoms with Gasteiger partial charge in [-0.05, 0) is 42.9 Å². The van der Waals surface area contributed by atoms with Gasteiger partial charge in [-0.2, -0.15) is 4.31 Å². The zero-order chi connectivity index (χ0) is 22.0. The number of hydrogen-bond donors (Lipinski definition) is 1. The predicted molar refractivity (Wildman–Crippen MR) is 113 cm³/mol. The minimum Gasteiger partial charge on any atom is -0.495 e. The Morgan fingerprint density at radius 2 is 1.81 bits per heavy atom. The third-order valence-corrected chi connectivity index (χ3v) is 7.32. The van der Waals surface area contributed by atoms with Crippen molar-refractivity contribution in [2.75, 3.05) is 47.1 Å². The quantitative estimate of drug-likeness (QED) is 0.713. The number of fused-ring (bicyclic) bond motifs is 1. The van der Waals surface area contributed by atoms with Crippen molar-refractivity contribution in [1.29, 1.82) is 0 Å². The van der Waals surface area contributed by atoms with Crippen molar-refractivity contribution >= 4 is 15.9 Å². The molecule has 2 aromatic carbocycles. The van der Waals surface area contributed by atoms with Crippen molar-refractivity contribution < 1.29 is 27.4 Å². The normalized spacial score (nSPS) is 16.8. The first-order valence-corrected chi connectivity index (χ1v) is 11.4. The van der Waals surface area contributed by atoms with Crippen LogP contribution in [0.25, 0.3) is 0 Å². The van der Waals surface area contributed by atoms with Gasteiger partial charge >= 0.3 is 0 Å². The number of piperazine rings is 1. The van der Waals surface area contributed by atoms with Gasteiger partial charge in [0.1, 0.15) is 10.6 Å². The Morgan fingerprint density at radius 1 is 1.06 bits per heavy atom. The average Bonchev–Trinajstić information content (AvgIpc) is 3.25. The summed E-state index contributed by atoms with van der Waals surface area (Å²) < 4.78 is 43.8. The van der Waals surface area contributed by atoms with Crippen LogP contribution in [-0.4, -0.2) is 70.7 Å². The van der Waals surface area contributed by atoms with Crippen LogP contribution in [0.15, 0.2) is 41.3 Å². The van der Waals surface area contributed by atoms with E-state index in [0.29, 0.717) is 37.7 Å². The number of methoxy groups -OCH3 is 1. The smallest absolute Gasteiger partial charge is 0.251 e. The Kier molecular flexibility index (Phi) is 6.03. The second kappa shape index (κ2) is 8.74. The summed E-state index contributed by atoms with van der Waals surface area (Å²) in [6, 6.07) is 9.87. The summed E-state index contributed by atoms with van der Waals surface area (Å²) in [5.74, 6) is 1.14. The average molecular weight is 448 g/mol. The van der Waals surface area contributed by atoms with E-state index in [2.05, 4.69) is 10.2 Å². The molecular weight excluding hydrogens is 422 g/mol. The SMILES string of the molecule is COc1ccc(C(=O)NCc2ccc3c(c2)OCO3)cc1S(=O)(=O)N1CCN(C)CC1. The highest BCUT2D eigenvalue weighted by atomic mass is 32.2. The van der Waals surface area contributed by atoms with Gasteiger partial charge in [0.2, 0.25) is 16.8 Å². The van der Waals surface area contributed by atoms with E-state index in [-0.39, 0.29) is 35.5 Å². The van der Waals surface area contributed by atoms with Crippen LogP contribution >= 0.6 is 0 Å². The molecule has 1 fully saturated rings. The third kappa shape index (κ3) is 4.46. The predicted octanol–water partition coefficient (Wildman–Crippen LogP) is 1.29. The molecule has 2 heterocycles. The van der Waals surface area contributed by atoms with Crippen LogP contribution in [0, 0.1) is 0 Å². The van der Waals surface area contributed by atoms with Crippen molar-refractivity contribution in [3.8, 4) is 17.2 Å². The van der Waals surface area contributed by atoms with E-state index < -0.39 is 10.0 Å². The molecule has 10 heteroatoms. The standard InChI is InChI=1S/C21H25N3O6S/c1-23-7-9-24(10-8-23)31(26,27)20-12-16(4-6-18(20)28-2)21(25)22-13-15-3-5-17-19(11-15)30-14-29-17/h3-6,11-12H,7-10,13-14H2,1-2H3,(H,22,25). The maximum absolute atomic E-state index is 13.2. The molecule has 0 bridgehead atoms. The van der Waals surface area contributed by atoms with E-state index in [1.165, 1.54) is 23.5 Å². The molecule has 0 unspecified atom stereocenters. The highest BCUT2D eigenvalue weighted by Gasteiger charge is 2.30. The Balaban J connectivity index is 1.51. The first-order chi connectivity index (χ1) is 14.9. The summed E-state index contributed by atoms with van der Waals surface area (Å²) in [4.78, 5) is 14.8. The van der Waals surface area contributed by atoms with Crippen LogP contribution in [0.3, 0.4) is 0 Å². The van der Waals surface area contributed by atoms with Crippen molar-refractivity contribution in [1.82, 2.24) is 14.5 Å². The Morgan fingerprint density at radius 3 is 2.55 bits per heavy atom. The number of rotatable bonds is 6. The zero-order valence-electron chi connectivity index (χ0n) is 17.5. The molecule has 2 aliphatic heterocycles. The summed E-state index contributed by atoms with van der Waals surface area (Å²) in [7, 11) is -0.419. The lowest BCUT2D eigenvalue weighted by atomic mass is 10.1. The van der Waals surface area contributed by atoms with E-state index in [1.54, 1.807) is 18.2 Å². The molecule has 0 spiro atoms. The molecule has 9 nitrogen and oxygen atoms in total. The molecule has 0 atom stereocenters. The van der Waals surface area contributed by atoms with Crippen molar-refractivity contribution in [3.63, 3.8) is 0 Å². The van der Waals surface area contributed by atoms with Crippen LogP contribution in [-0.2, 0) is 16.6 Å². The Hall–Kier alpha value is -2.82. The third-order valence-electron chi connectivity index (χ3n) is 5.40. The van der Waals surface area contributed by atoms with Crippen LogP contribution in [0.4, 0.5) is 0 Å². The molecule has 0 radical (unpaired) electrons. The van der Waals surface area contributed by atoms with E-state index in [0.717, 1.165) is 5.56 Å². The number of nitrogens with one attached hydrogen (secondary N) is 1. The number of sulfonamides is 1. The number of nitrogens with zero attached hydrogens (tertiary/aromatic N) is 2. The van der Waals surface area contributed by atoms with Gasteiger partial charge in [-0.1, -0.05) is 6.07 Å². The van der Waals surface area contributed by atoms with Crippen LogP contribution < -0.4 is 19.5 Å². The van der Waals surface area contributed by atoms with Crippen molar-refractivity contribution in [3.05, 3.63) is 47.5 Å². The molecule has 31 heavy (non-hydrogen) atoms. The van der Waals surface area contributed by atoms with Crippen LogP contribution in [0.2, 0.25) is 0 Å². The lowest BCUT2D eigenvalue weighted by Crippen LogP contribution is -2.47. The van der Waals surface area contributed by atoms with Gasteiger partial charge in [0, 0.05) is 38.3 Å². The maximum atomic E-state index is 13.2. The fourth-order valence-electron chi connectivity index (χ4n) is 3.52. The van der Waals surface area contributed by atoms with Crippen molar-refractivity contribution in [2.24, 2.45) is 0 Å². The zero-order valence-corrected chi connectivity index (χ0v) is 18.3. The van der Waals surface area contributed by atoms with E-state index in [4.69, 9.17) is 14.2 Å². The number of likely N-dealkylation sites (N-methyl/N-ethyl adjacent to an activating group) is 1. The molecule has 166 valence electrons. The van der Waals surface area contributed by atoms with Gasteiger partial charge in [-0.3, -0.25) is 4.79 Å². The highest BCUT2D eigenvalue weighted by molar-refractivity contribution is 7.89. The lowest BCUT2D eigenvalue weighted by Gasteiger charge is -2.31. The first kappa shape index (κ1) is 21.4. The molecule has 4 rings (SSSR count). The molecule has 0 aliphatic carbocycles.